The summed E-state index contributed by atoms with van der Waals surface area (Å²) < 4.78 is 6.09. The van der Waals surface area contributed by atoms with Crippen LogP contribution in [0.25, 0.3) is 10.7 Å². The molecule has 1 fully saturated rings. The molecule has 0 saturated heterocycles. The summed E-state index contributed by atoms with van der Waals surface area (Å²) in [4.78, 5) is 27.7. The predicted octanol–water partition coefficient (Wildman–Crippen LogP) is 3.17. The van der Waals surface area contributed by atoms with Crippen LogP contribution >= 0.6 is 11.3 Å². The number of para-hydroxylation sites is 2. The third-order valence-corrected chi connectivity index (χ3v) is 5.35. The molecule has 124 valence electrons. The molecule has 5 rings (SSSR count). The molecule has 2 aliphatic rings. The number of nitrogens with zero attached hydrogens (tertiary/aromatic N) is 4. The van der Waals surface area contributed by atoms with Crippen molar-refractivity contribution in [2.24, 2.45) is 0 Å². The van der Waals surface area contributed by atoms with Crippen LogP contribution in [-0.4, -0.2) is 33.0 Å². The SMILES string of the molecule is O=C(c1csc(-c2cnccn2)n1)N1CC2(CC2)Oc2ccccc21. The molecular formula is C18H14N4O2S. The number of aromatic nitrogens is 3. The fourth-order valence-electron chi connectivity index (χ4n) is 3.02. The van der Waals surface area contributed by atoms with Gasteiger partial charge in [0, 0.05) is 17.8 Å². The summed E-state index contributed by atoms with van der Waals surface area (Å²) in [5.74, 6) is 0.664. The fourth-order valence-corrected chi connectivity index (χ4v) is 3.78. The molecule has 1 amide bonds. The molecule has 1 aromatic carbocycles. The van der Waals surface area contributed by atoms with Gasteiger partial charge in [0.2, 0.25) is 0 Å². The first kappa shape index (κ1) is 14.5. The molecule has 25 heavy (non-hydrogen) atoms. The van der Waals surface area contributed by atoms with Crippen molar-refractivity contribution >= 4 is 22.9 Å². The highest BCUT2D eigenvalue weighted by atomic mass is 32.1. The molecule has 1 aliphatic heterocycles. The largest absolute Gasteiger partial charge is 0.483 e. The number of carbonyl (C=O) groups excluding carboxylic acids is 1. The first-order valence-corrected chi connectivity index (χ1v) is 8.94. The first-order valence-electron chi connectivity index (χ1n) is 8.06. The van der Waals surface area contributed by atoms with Crippen molar-refractivity contribution in [2.75, 3.05) is 11.4 Å². The minimum Gasteiger partial charge on any atom is -0.483 e. The lowest BCUT2D eigenvalue weighted by Crippen LogP contribution is -2.45. The van der Waals surface area contributed by atoms with E-state index in [0.717, 1.165) is 24.3 Å². The van der Waals surface area contributed by atoms with Crippen molar-refractivity contribution < 1.29 is 9.53 Å². The average Bonchev–Trinajstić information content (AvgIpc) is 3.21. The predicted molar refractivity (Wildman–Crippen MR) is 93.9 cm³/mol. The van der Waals surface area contributed by atoms with Crippen LogP contribution in [0.5, 0.6) is 5.75 Å². The quantitative estimate of drug-likeness (QED) is 0.710. The number of amides is 1. The minimum absolute atomic E-state index is 0.103. The fraction of sp³-hybridized carbons (Fsp3) is 0.222. The number of anilines is 1. The number of hydrogen-bond donors (Lipinski definition) is 0. The second-order valence-corrected chi connectivity index (χ2v) is 7.13. The molecule has 3 aromatic rings. The molecule has 1 aliphatic carbocycles. The molecule has 0 bridgehead atoms. The minimum atomic E-state index is -0.215. The van der Waals surface area contributed by atoms with Crippen LogP contribution in [-0.2, 0) is 0 Å². The van der Waals surface area contributed by atoms with E-state index in [9.17, 15) is 4.79 Å². The van der Waals surface area contributed by atoms with Gasteiger partial charge in [-0.25, -0.2) is 4.98 Å². The maximum atomic E-state index is 13.1. The molecule has 0 N–H and O–H groups in total. The number of rotatable bonds is 2. The van der Waals surface area contributed by atoms with Gasteiger partial charge in [-0.3, -0.25) is 19.7 Å². The van der Waals surface area contributed by atoms with Gasteiger partial charge >= 0.3 is 0 Å². The molecule has 1 spiro atoms. The maximum absolute atomic E-state index is 13.1. The number of thiazole rings is 1. The monoisotopic (exact) mass is 350 g/mol. The van der Waals surface area contributed by atoms with E-state index < -0.39 is 0 Å². The zero-order chi connectivity index (χ0) is 16.9. The molecule has 0 unspecified atom stereocenters. The Bertz CT molecular complexity index is 952. The Balaban J connectivity index is 1.50. The second kappa shape index (κ2) is 5.35. The average molecular weight is 350 g/mol. The summed E-state index contributed by atoms with van der Waals surface area (Å²) in [6.07, 6.45) is 6.84. The van der Waals surface area contributed by atoms with Gasteiger partial charge in [-0.2, -0.15) is 0 Å². The highest BCUT2D eigenvalue weighted by molar-refractivity contribution is 7.13. The van der Waals surface area contributed by atoms with Crippen LogP contribution in [0.3, 0.4) is 0 Å². The van der Waals surface area contributed by atoms with Gasteiger partial charge in [0.15, 0.2) is 0 Å². The highest BCUT2D eigenvalue weighted by Gasteiger charge is 2.51. The lowest BCUT2D eigenvalue weighted by Gasteiger charge is -2.34. The zero-order valence-corrected chi connectivity index (χ0v) is 14.1. The molecule has 7 heteroatoms. The van der Waals surface area contributed by atoms with Crippen molar-refractivity contribution in [3.8, 4) is 16.5 Å². The van der Waals surface area contributed by atoms with E-state index in [-0.39, 0.29) is 11.5 Å². The summed E-state index contributed by atoms with van der Waals surface area (Å²) in [7, 11) is 0. The Morgan fingerprint density at radius 1 is 1.24 bits per heavy atom. The standard InChI is InChI=1S/C18H14N4O2S/c23-17(13-10-25-16(21-13)12-9-19-7-8-20-12)22-11-18(5-6-18)24-15-4-2-1-3-14(15)22/h1-4,7-10H,5-6,11H2. The molecule has 0 atom stereocenters. The van der Waals surface area contributed by atoms with Gasteiger partial charge in [-0.05, 0) is 25.0 Å². The van der Waals surface area contributed by atoms with Gasteiger partial charge in [0.1, 0.15) is 27.7 Å². The van der Waals surface area contributed by atoms with Gasteiger partial charge in [0.25, 0.3) is 5.91 Å². The topological polar surface area (TPSA) is 68.2 Å². The van der Waals surface area contributed by atoms with Crippen LogP contribution in [0.1, 0.15) is 23.3 Å². The number of fused-ring (bicyclic) bond motifs is 1. The van der Waals surface area contributed by atoms with Crippen molar-refractivity contribution in [1.29, 1.82) is 0 Å². The highest BCUT2D eigenvalue weighted by Crippen LogP contribution is 2.48. The molecule has 6 nitrogen and oxygen atoms in total. The smallest absolute Gasteiger partial charge is 0.278 e. The molecule has 2 aromatic heterocycles. The number of carbonyl (C=O) groups is 1. The van der Waals surface area contributed by atoms with E-state index >= 15 is 0 Å². The third kappa shape index (κ3) is 2.47. The summed E-state index contributed by atoms with van der Waals surface area (Å²) >= 11 is 1.40. The van der Waals surface area contributed by atoms with E-state index in [0.29, 0.717) is 22.9 Å². The van der Waals surface area contributed by atoms with Gasteiger partial charge in [0.05, 0.1) is 18.4 Å². The Labute approximate surface area is 148 Å². The lowest BCUT2D eigenvalue weighted by atomic mass is 10.1. The van der Waals surface area contributed by atoms with Crippen molar-refractivity contribution in [2.45, 2.75) is 18.4 Å². The van der Waals surface area contributed by atoms with Gasteiger partial charge in [-0.1, -0.05) is 12.1 Å². The summed E-state index contributed by atoms with van der Waals surface area (Å²) in [6.45, 7) is 0.570. The van der Waals surface area contributed by atoms with Crippen molar-refractivity contribution in [3.63, 3.8) is 0 Å². The Morgan fingerprint density at radius 2 is 2.12 bits per heavy atom. The van der Waals surface area contributed by atoms with Crippen molar-refractivity contribution in [1.82, 2.24) is 15.0 Å². The Hall–Kier alpha value is -2.80. The van der Waals surface area contributed by atoms with Crippen molar-refractivity contribution in [3.05, 3.63) is 53.9 Å². The maximum Gasteiger partial charge on any atom is 0.278 e. The van der Waals surface area contributed by atoms with E-state index in [1.165, 1.54) is 11.3 Å². The van der Waals surface area contributed by atoms with E-state index in [2.05, 4.69) is 15.0 Å². The van der Waals surface area contributed by atoms with Crippen LogP contribution in [0, 0.1) is 0 Å². The van der Waals surface area contributed by atoms with E-state index in [1.807, 2.05) is 24.3 Å². The Kier molecular flexibility index (Phi) is 3.11. The summed E-state index contributed by atoms with van der Waals surface area (Å²) in [6, 6.07) is 7.68. The van der Waals surface area contributed by atoms with E-state index in [4.69, 9.17) is 4.74 Å². The molecular weight excluding hydrogens is 336 g/mol. The van der Waals surface area contributed by atoms with Crippen LogP contribution < -0.4 is 9.64 Å². The number of hydrogen-bond acceptors (Lipinski definition) is 6. The van der Waals surface area contributed by atoms with Gasteiger partial charge < -0.3 is 4.74 Å². The van der Waals surface area contributed by atoms with Crippen LogP contribution in [0.2, 0.25) is 0 Å². The van der Waals surface area contributed by atoms with Crippen LogP contribution in [0.4, 0.5) is 5.69 Å². The number of benzene rings is 1. The zero-order valence-electron chi connectivity index (χ0n) is 13.3. The molecule has 3 heterocycles. The second-order valence-electron chi connectivity index (χ2n) is 6.27. The van der Waals surface area contributed by atoms with E-state index in [1.54, 1.807) is 28.9 Å². The number of ether oxygens (including phenoxy) is 1. The lowest BCUT2D eigenvalue weighted by molar-refractivity contribution is 0.0939. The summed E-state index contributed by atoms with van der Waals surface area (Å²) in [5, 5.41) is 2.48. The Morgan fingerprint density at radius 3 is 2.92 bits per heavy atom. The molecule has 1 saturated carbocycles. The summed E-state index contributed by atoms with van der Waals surface area (Å²) in [5.41, 5.74) is 1.69. The normalized spacial score (nSPS) is 17.0. The van der Waals surface area contributed by atoms with Crippen LogP contribution in [0.15, 0.2) is 48.2 Å². The molecule has 0 radical (unpaired) electrons. The first-order chi connectivity index (χ1) is 12.2. The third-order valence-electron chi connectivity index (χ3n) is 4.49. The van der Waals surface area contributed by atoms with Gasteiger partial charge in [-0.15, -0.1) is 11.3 Å².